The van der Waals surface area contributed by atoms with Gasteiger partial charge in [-0.05, 0) is 13.3 Å². The quantitative estimate of drug-likeness (QED) is 0.727. The van der Waals surface area contributed by atoms with Gasteiger partial charge < -0.3 is 11.1 Å². The lowest BCUT2D eigenvalue weighted by atomic mass is 10.3. The van der Waals surface area contributed by atoms with Crippen molar-refractivity contribution in [2.45, 2.75) is 31.5 Å². The average molecular weight is 241 g/mol. The molecule has 0 aliphatic carbocycles. The SMILES string of the molecule is CCC(C)NC(=O)CSc1ncnc(N)n1. The highest BCUT2D eigenvalue weighted by Crippen LogP contribution is 2.11. The van der Waals surface area contributed by atoms with Crippen LogP contribution in [0.25, 0.3) is 0 Å². The minimum absolute atomic E-state index is 0.0293. The smallest absolute Gasteiger partial charge is 0.230 e. The molecular formula is C9H15N5OS. The molecule has 0 radical (unpaired) electrons. The lowest BCUT2D eigenvalue weighted by Gasteiger charge is -2.10. The van der Waals surface area contributed by atoms with E-state index in [0.717, 1.165) is 6.42 Å². The maximum Gasteiger partial charge on any atom is 0.230 e. The first-order valence-corrected chi connectivity index (χ1v) is 5.97. The predicted octanol–water partition coefficient (Wildman–Crippen LogP) is 0.461. The monoisotopic (exact) mass is 241 g/mol. The first-order valence-electron chi connectivity index (χ1n) is 4.98. The van der Waals surface area contributed by atoms with Crippen molar-refractivity contribution >= 4 is 23.6 Å². The largest absolute Gasteiger partial charge is 0.368 e. The highest BCUT2D eigenvalue weighted by molar-refractivity contribution is 7.99. The average Bonchev–Trinajstić information content (AvgIpc) is 2.26. The summed E-state index contributed by atoms with van der Waals surface area (Å²) in [5, 5.41) is 3.32. The molecule has 1 rings (SSSR count). The number of carbonyl (C=O) groups excluding carboxylic acids is 1. The Morgan fingerprint density at radius 1 is 1.62 bits per heavy atom. The summed E-state index contributed by atoms with van der Waals surface area (Å²) in [6.45, 7) is 3.98. The fraction of sp³-hybridized carbons (Fsp3) is 0.556. The molecule has 0 aliphatic heterocycles. The van der Waals surface area contributed by atoms with Crippen LogP contribution in [0, 0.1) is 0 Å². The van der Waals surface area contributed by atoms with Gasteiger partial charge in [0.1, 0.15) is 6.33 Å². The summed E-state index contributed by atoms with van der Waals surface area (Å²) in [6, 6.07) is 0.191. The Morgan fingerprint density at radius 3 is 3.00 bits per heavy atom. The lowest BCUT2D eigenvalue weighted by molar-refractivity contribution is -0.119. The molecule has 1 unspecified atom stereocenters. The van der Waals surface area contributed by atoms with E-state index in [1.807, 2.05) is 13.8 Å². The molecule has 7 heteroatoms. The van der Waals surface area contributed by atoms with Crippen molar-refractivity contribution in [1.29, 1.82) is 0 Å². The van der Waals surface area contributed by atoms with Crippen LogP contribution in [-0.2, 0) is 4.79 Å². The van der Waals surface area contributed by atoms with Crippen LogP contribution in [0.4, 0.5) is 5.95 Å². The molecule has 0 fully saturated rings. The summed E-state index contributed by atoms with van der Waals surface area (Å²) < 4.78 is 0. The van der Waals surface area contributed by atoms with Gasteiger partial charge in [0.2, 0.25) is 11.9 Å². The van der Waals surface area contributed by atoms with Gasteiger partial charge in [-0.15, -0.1) is 0 Å². The molecular weight excluding hydrogens is 226 g/mol. The van der Waals surface area contributed by atoms with Gasteiger partial charge in [0.25, 0.3) is 0 Å². The van der Waals surface area contributed by atoms with E-state index >= 15 is 0 Å². The van der Waals surface area contributed by atoms with Gasteiger partial charge in [-0.3, -0.25) is 4.79 Å². The molecule has 0 saturated carbocycles. The van der Waals surface area contributed by atoms with Crippen LogP contribution in [0.3, 0.4) is 0 Å². The van der Waals surface area contributed by atoms with E-state index in [4.69, 9.17) is 5.73 Å². The van der Waals surface area contributed by atoms with Crippen molar-refractivity contribution in [3.63, 3.8) is 0 Å². The third-order valence-electron chi connectivity index (χ3n) is 1.92. The van der Waals surface area contributed by atoms with Gasteiger partial charge in [0.15, 0.2) is 5.16 Å². The number of thioether (sulfide) groups is 1. The van der Waals surface area contributed by atoms with Crippen molar-refractivity contribution in [1.82, 2.24) is 20.3 Å². The zero-order valence-electron chi connectivity index (χ0n) is 9.30. The number of anilines is 1. The number of nitrogens with two attached hydrogens (primary N) is 1. The Labute approximate surface area is 98.5 Å². The maximum absolute atomic E-state index is 11.4. The highest BCUT2D eigenvalue weighted by Gasteiger charge is 2.07. The second-order valence-corrected chi connectivity index (χ2v) is 4.23. The minimum atomic E-state index is -0.0293. The first-order chi connectivity index (χ1) is 7.61. The van der Waals surface area contributed by atoms with Crippen LogP contribution in [0.5, 0.6) is 0 Å². The number of amides is 1. The van der Waals surface area contributed by atoms with Crippen molar-refractivity contribution in [2.24, 2.45) is 0 Å². The van der Waals surface area contributed by atoms with Crippen molar-refractivity contribution in [2.75, 3.05) is 11.5 Å². The van der Waals surface area contributed by atoms with Crippen LogP contribution >= 0.6 is 11.8 Å². The van der Waals surface area contributed by atoms with Crippen LogP contribution in [0.2, 0.25) is 0 Å². The third-order valence-corrected chi connectivity index (χ3v) is 2.78. The maximum atomic E-state index is 11.4. The zero-order valence-corrected chi connectivity index (χ0v) is 10.1. The molecule has 0 aromatic carbocycles. The van der Waals surface area contributed by atoms with E-state index in [-0.39, 0.29) is 23.7 Å². The van der Waals surface area contributed by atoms with E-state index in [9.17, 15) is 4.79 Å². The van der Waals surface area contributed by atoms with Crippen molar-refractivity contribution < 1.29 is 4.79 Å². The molecule has 88 valence electrons. The van der Waals surface area contributed by atoms with Crippen LogP contribution < -0.4 is 11.1 Å². The molecule has 0 bridgehead atoms. The number of rotatable bonds is 5. The summed E-state index contributed by atoms with van der Waals surface area (Å²) in [6.07, 6.45) is 2.24. The van der Waals surface area contributed by atoms with E-state index in [1.165, 1.54) is 18.1 Å². The van der Waals surface area contributed by atoms with Crippen LogP contribution in [0.15, 0.2) is 11.5 Å². The van der Waals surface area contributed by atoms with Crippen LogP contribution in [0.1, 0.15) is 20.3 Å². The standard InChI is InChI=1S/C9H15N5OS/c1-3-6(2)13-7(15)4-16-9-12-5-11-8(10)14-9/h5-6H,3-4H2,1-2H3,(H,13,15)(H2,10,11,12,14). The van der Waals surface area contributed by atoms with Crippen molar-refractivity contribution in [3.05, 3.63) is 6.33 Å². The summed E-state index contributed by atoms with van der Waals surface area (Å²) in [4.78, 5) is 22.9. The molecule has 16 heavy (non-hydrogen) atoms. The minimum Gasteiger partial charge on any atom is -0.368 e. The molecule has 0 aliphatic rings. The number of hydrogen-bond donors (Lipinski definition) is 2. The summed E-state index contributed by atoms with van der Waals surface area (Å²) >= 11 is 1.24. The molecule has 6 nitrogen and oxygen atoms in total. The third kappa shape index (κ3) is 4.43. The van der Waals surface area contributed by atoms with Crippen molar-refractivity contribution in [3.8, 4) is 0 Å². The molecule has 3 N–H and O–H groups in total. The highest BCUT2D eigenvalue weighted by atomic mass is 32.2. The summed E-state index contributed by atoms with van der Waals surface area (Å²) in [5.41, 5.74) is 5.39. The molecule has 1 aromatic rings. The topological polar surface area (TPSA) is 93.8 Å². The van der Waals surface area contributed by atoms with Crippen LogP contribution in [-0.4, -0.2) is 32.7 Å². The molecule has 0 saturated heterocycles. The van der Waals surface area contributed by atoms with Gasteiger partial charge in [-0.2, -0.15) is 4.98 Å². The van der Waals surface area contributed by atoms with Gasteiger partial charge in [0.05, 0.1) is 5.75 Å². The van der Waals surface area contributed by atoms with E-state index < -0.39 is 0 Å². The Balaban J connectivity index is 2.37. The van der Waals surface area contributed by atoms with E-state index in [2.05, 4.69) is 20.3 Å². The number of carbonyl (C=O) groups is 1. The molecule has 1 amide bonds. The Kier molecular flexibility index (Phi) is 4.97. The molecule has 1 atom stereocenters. The second kappa shape index (κ2) is 6.26. The number of nitrogens with one attached hydrogen (secondary N) is 1. The second-order valence-electron chi connectivity index (χ2n) is 3.29. The number of nitrogens with zero attached hydrogens (tertiary/aromatic N) is 3. The van der Waals surface area contributed by atoms with E-state index in [1.54, 1.807) is 0 Å². The Hall–Kier alpha value is -1.37. The van der Waals surface area contributed by atoms with Gasteiger partial charge in [-0.25, -0.2) is 9.97 Å². The van der Waals surface area contributed by atoms with Gasteiger partial charge >= 0.3 is 0 Å². The number of aromatic nitrogens is 3. The summed E-state index contributed by atoms with van der Waals surface area (Å²) in [5.74, 6) is 0.423. The zero-order chi connectivity index (χ0) is 12.0. The predicted molar refractivity (Wildman–Crippen MR) is 62.9 cm³/mol. The fourth-order valence-corrected chi connectivity index (χ4v) is 1.53. The number of nitrogen functional groups attached to an aromatic ring is 1. The lowest BCUT2D eigenvalue weighted by Crippen LogP contribution is -2.33. The first kappa shape index (κ1) is 12.7. The van der Waals surface area contributed by atoms with Gasteiger partial charge in [0, 0.05) is 6.04 Å². The normalized spacial score (nSPS) is 12.1. The summed E-state index contributed by atoms with van der Waals surface area (Å²) in [7, 11) is 0. The Morgan fingerprint density at radius 2 is 2.38 bits per heavy atom. The van der Waals surface area contributed by atoms with Gasteiger partial charge in [-0.1, -0.05) is 18.7 Å². The number of hydrogen-bond acceptors (Lipinski definition) is 6. The molecule has 0 spiro atoms. The van der Waals surface area contributed by atoms with E-state index in [0.29, 0.717) is 5.16 Å². The molecule has 1 heterocycles. The molecule has 1 aromatic heterocycles. The Bertz CT molecular complexity index is 360. The fourth-order valence-electron chi connectivity index (χ4n) is 0.911.